The summed E-state index contributed by atoms with van der Waals surface area (Å²) in [6.45, 7) is 1.98. The quantitative estimate of drug-likeness (QED) is 0.328. The number of benzene rings is 3. The molecule has 3 aromatic carbocycles. The van der Waals surface area contributed by atoms with E-state index in [1.807, 2.05) is 37.3 Å². The molecule has 0 saturated carbocycles. The molecular weight excluding hydrogens is 431 g/mol. The molecule has 0 aliphatic carbocycles. The van der Waals surface area contributed by atoms with Gasteiger partial charge in [0.05, 0.1) is 23.1 Å². The maximum atomic E-state index is 13.3. The molecule has 0 radical (unpaired) electrons. The van der Waals surface area contributed by atoms with E-state index < -0.39 is 0 Å². The Balaban J connectivity index is 1.68. The topological polar surface area (TPSA) is 60.5 Å². The fourth-order valence-electron chi connectivity index (χ4n) is 3.37. The van der Waals surface area contributed by atoms with Gasteiger partial charge in [0.1, 0.15) is 23.1 Å². The van der Waals surface area contributed by atoms with Crippen LogP contribution in [-0.2, 0) is 4.74 Å². The number of fused-ring (bicyclic) bond motifs is 1. The number of ether oxygens (including phenoxy) is 2. The smallest absolute Gasteiger partial charge is 0.337 e. The summed E-state index contributed by atoms with van der Waals surface area (Å²) in [5.41, 5.74) is 1.44. The monoisotopic (exact) mass is 450 g/mol. The Morgan fingerprint density at radius 1 is 1.06 bits per heavy atom. The molecule has 1 heterocycles. The maximum Gasteiger partial charge on any atom is 0.337 e. The van der Waals surface area contributed by atoms with E-state index in [2.05, 4.69) is 10.3 Å². The second kappa shape index (κ2) is 9.24. The largest absolute Gasteiger partial charge is 0.465 e. The first-order valence-corrected chi connectivity index (χ1v) is 10.3. The van der Waals surface area contributed by atoms with Gasteiger partial charge in [0.25, 0.3) is 0 Å². The highest BCUT2D eigenvalue weighted by atomic mass is 35.5. The van der Waals surface area contributed by atoms with Crippen molar-refractivity contribution in [1.29, 1.82) is 0 Å². The Morgan fingerprint density at radius 2 is 1.78 bits per heavy atom. The molecule has 0 aliphatic rings. The van der Waals surface area contributed by atoms with Crippen molar-refractivity contribution in [3.8, 4) is 11.5 Å². The number of esters is 1. The number of pyridine rings is 1. The van der Waals surface area contributed by atoms with Crippen LogP contribution in [0, 0.1) is 5.82 Å². The van der Waals surface area contributed by atoms with Crippen LogP contribution in [0.25, 0.3) is 10.8 Å². The van der Waals surface area contributed by atoms with Crippen molar-refractivity contribution in [1.82, 2.24) is 4.98 Å². The third-order valence-electron chi connectivity index (χ3n) is 5.05. The summed E-state index contributed by atoms with van der Waals surface area (Å²) >= 11 is 6.40. The van der Waals surface area contributed by atoms with Gasteiger partial charge in [-0.2, -0.15) is 0 Å². The van der Waals surface area contributed by atoms with Crippen LogP contribution in [0.5, 0.6) is 11.5 Å². The molecule has 0 aliphatic heterocycles. The minimum absolute atomic E-state index is 0.127. The number of carbonyl (C=O) groups is 1. The molecule has 162 valence electrons. The van der Waals surface area contributed by atoms with Crippen molar-refractivity contribution < 1.29 is 18.7 Å². The zero-order valence-corrected chi connectivity index (χ0v) is 18.2. The first-order chi connectivity index (χ1) is 15.5. The lowest BCUT2D eigenvalue weighted by molar-refractivity contribution is 0.0600. The Labute approximate surface area is 189 Å². The zero-order chi connectivity index (χ0) is 22.7. The average Bonchev–Trinajstić information content (AvgIpc) is 2.82. The molecule has 0 spiro atoms. The molecule has 1 aromatic heterocycles. The number of nitrogens with zero attached hydrogens (tertiary/aromatic N) is 1. The summed E-state index contributed by atoms with van der Waals surface area (Å²) in [6.07, 6.45) is 1.58. The van der Waals surface area contributed by atoms with Gasteiger partial charge in [0.15, 0.2) is 0 Å². The van der Waals surface area contributed by atoms with Crippen molar-refractivity contribution in [3.05, 3.63) is 94.9 Å². The lowest BCUT2D eigenvalue weighted by Gasteiger charge is -2.19. The van der Waals surface area contributed by atoms with Gasteiger partial charge in [-0.25, -0.2) is 14.2 Å². The molecule has 4 aromatic rings. The molecule has 1 atom stereocenters. The summed E-state index contributed by atoms with van der Waals surface area (Å²) < 4.78 is 24.0. The van der Waals surface area contributed by atoms with Crippen molar-refractivity contribution in [2.45, 2.75) is 13.0 Å². The fraction of sp³-hybridized carbons (Fsp3) is 0.120. The lowest BCUT2D eigenvalue weighted by Crippen LogP contribution is -2.09. The summed E-state index contributed by atoms with van der Waals surface area (Å²) in [7, 11) is 1.35. The van der Waals surface area contributed by atoms with Crippen LogP contribution in [-0.4, -0.2) is 18.1 Å². The highest BCUT2D eigenvalue weighted by Crippen LogP contribution is 2.38. The zero-order valence-electron chi connectivity index (χ0n) is 17.4. The standard InChI is InChI=1S/C25H20ClFN2O3/c1-15(16-6-8-17(9-7-16)25(30)31-2)29-24-23-20(21(26)14-28-24)4-3-5-22(23)32-19-12-10-18(27)11-13-19/h3-15H,1-2H3,(H,28,29)/t15-/m0/s1. The van der Waals surface area contributed by atoms with Gasteiger partial charge < -0.3 is 14.8 Å². The van der Waals surface area contributed by atoms with Crippen molar-refractivity contribution in [3.63, 3.8) is 0 Å². The number of aromatic nitrogens is 1. The van der Waals surface area contributed by atoms with Gasteiger partial charge >= 0.3 is 5.97 Å². The van der Waals surface area contributed by atoms with E-state index in [4.69, 9.17) is 21.1 Å². The number of hydrogen-bond acceptors (Lipinski definition) is 5. The first-order valence-electron chi connectivity index (χ1n) is 9.91. The van der Waals surface area contributed by atoms with Crippen molar-refractivity contribution in [2.24, 2.45) is 0 Å². The van der Waals surface area contributed by atoms with Crippen molar-refractivity contribution >= 4 is 34.2 Å². The lowest BCUT2D eigenvalue weighted by atomic mass is 10.1. The highest BCUT2D eigenvalue weighted by molar-refractivity contribution is 6.36. The molecule has 0 saturated heterocycles. The van der Waals surface area contributed by atoms with Gasteiger partial charge in [-0.3, -0.25) is 0 Å². The van der Waals surface area contributed by atoms with E-state index in [0.29, 0.717) is 33.3 Å². The Kier molecular flexibility index (Phi) is 6.23. The van der Waals surface area contributed by atoms with E-state index in [9.17, 15) is 9.18 Å². The number of nitrogens with one attached hydrogen (secondary N) is 1. The van der Waals surface area contributed by atoms with Crippen LogP contribution in [0.4, 0.5) is 10.2 Å². The third-order valence-corrected chi connectivity index (χ3v) is 5.35. The fourth-order valence-corrected chi connectivity index (χ4v) is 3.57. The molecular formula is C25H20ClFN2O3. The molecule has 0 unspecified atom stereocenters. The molecule has 4 rings (SSSR count). The SMILES string of the molecule is COC(=O)c1ccc([C@H](C)Nc2ncc(Cl)c3cccc(Oc4ccc(F)cc4)c23)cc1. The van der Waals surface area contributed by atoms with E-state index in [-0.39, 0.29) is 17.8 Å². The van der Waals surface area contributed by atoms with Gasteiger partial charge in [-0.15, -0.1) is 0 Å². The van der Waals surface area contributed by atoms with Crippen LogP contribution in [0.15, 0.2) is 72.9 Å². The summed E-state index contributed by atoms with van der Waals surface area (Å²) in [4.78, 5) is 16.2. The van der Waals surface area contributed by atoms with Gasteiger partial charge in [-0.05, 0) is 55.0 Å². The molecule has 0 bridgehead atoms. The highest BCUT2D eigenvalue weighted by Gasteiger charge is 2.16. The molecule has 7 heteroatoms. The summed E-state index contributed by atoms with van der Waals surface area (Å²) in [5.74, 6) is 0.905. The summed E-state index contributed by atoms with van der Waals surface area (Å²) in [6, 6.07) is 18.4. The van der Waals surface area contributed by atoms with E-state index in [1.54, 1.807) is 30.5 Å². The van der Waals surface area contributed by atoms with E-state index in [0.717, 1.165) is 10.9 Å². The average molecular weight is 451 g/mol. The molecule has 0 fully saturated rings. The number of halogens is 2. The number of carbonyl (C=O) groups excluding carboxylic acids is 1. The Hall–Kier alpha value is -3.64. The minimum atomic E-state index is -0.384. The number of rotatable bonds is 6. The predicted molar refractivity (Wildman–Crippen MR) is 123 cm³/mol. The molecule has 32 heavy (non-hydrogen) atoms. The number of methoxy groups -OCH3 is 1. The van der Waals surface area contributed by atoms with Crippen LogP contribution in [0.2, 0.25) is 5.02 Å². The second-order valence-electron chi connectivity index (χ2n) is 7.17. The predicted octanol–water partition coefficient (Wildman–Crippen LogP) is 6.78. The van der Waals surface area contributed by atoms with Crippen LogP contribution >= 0.6 is 11.6 Å². The van der Waals surface area contributed by atoms with E-state index in [1.165, 1.54) is 19.2 Å². The minimum Gasteiger partial charge on any atom is -0.465 e. The molecule has 0 amide bonds. The third kappa shape index (κ3) is 4.50. The normalized spacial score (nSPS) is 11.8. The maximum absolute atomic E-state index is 13.3. The van der Waals surface area contributed by atoms with Gasteiger partial charge in [0, 0.05) is 17.6 Å². The van der Waals surface area contributed by atoms with Crippen LogP contribution in [0.1, 0.15) is 28.9 Å². The van der Waals surface area contributed by atoms with Crippen molar-refractivity contribution in [2.75, 3.05) is 12.4 Å². The molecule has 5 nitrogen and oxygen atoms in total. The summed E-state index contributed by atoms with van der Waals surface area (Å²) in [5, 5.41) is 5.38. The first kappa shape index (κ1) is 21.6. The molecule has 1 N–H and O–H groups in total. The van der Waals surface area contributed by atoms with Crippen LogP contribution < -0.4 is 10.1 Å². The number of anilines is 1. The van der Waals surface area contributed by atoms with Crippen LogP contribution in [0.3, 0.4) is 0 Å². The Morgan fingerprint density at radius 3 is 2.47 bits per heavy atom. The second-order valence-corrected chi connectivity index (χ2v) is 7.58. The number of hydrogen-bond donors (Lipinski definition) is 1. The van der Waals surface area contributed by atoms with Gasteiger partial charge in [-0.1, -0.05) is 35.9 Å². The van der Waals surface area contributed by atoms with Gasteiger partial charge in [0.2, 0.25) is 0 Å². The van der Waals surface area contributed by atoms with E-state index >= 15 is 0 Å². The Bertz CT molecular complexity index is 1260.